The first-order chi connectivity index (χ1) is 10.1. The van der Waals surface area contributed by atoms with Gasteiger partial charge in [-0.25, -0.2) is 13.1 Å². The number of hydrogen-bond donors (Lipinski definition) is 1. The molecule has 5 nitrogen and oxygen atoms in total. The number of ether oxygens (including phenoxy) is 2. The normalized spacial score (nSPS) is 29.3. The van der Waals surface area contributed by atoms with Gasteiger partial charge in [0, 0.05) is 13.2 Å². The van der Waals surface area contributed by atoms with Gasteiger partial charge in [-0.2, -0.15) is 0 Å². The molecule has 1 aromatic carbocycles. The van der Waals surface area contributed by atoms with Crippen molar-refractivity contribution in [1.29, 1.82) is 0 Å². The van der Waals surface area contributed by atoms with Crippen LogP contribution in [0.5, 0.6) is 0 Å². The van der Waals surface area contributed by atoms with Crippen LogP contribution in [0.3, 0.4) is 0 Å². The molecule has 3 rings (SSSR count). The molecule has 3 unspecified atom stereocenters. The Morgan fingerprint density at radius 3 is 2.90 bits per heavy atom. The Morgan fingerprint density at radius 2 is 2.10 bits per heavy atom. The summed E-state index contributed by atoms with van der Waals surface area (Å²) in [7, 11) is -1.94. The average molecular weight is 311 g/mol. The lowest BCUT2D eigenvalue weighted by Crippen LogP contribution is -2.43. The molecule has 21 heavy (non-hydrogen) atoms. The van der Waals surface area contributed by atoms with Crippen molar-refractivity contribution in [2.24, 2.45) is 0 Å². The van der Waals surface area contributed by atoms with E-state index in [0.717, 1.165) is 24.8 Å². The van der Waals surface area contributed by atoms with E-state index >= 15 is 0 Å². The zero-order valence-electron chi connectivity index (χ0n) is 12.1. The molecule has 0 spiro atoms. The van der Waals surface area contributed by atoms with Crippen LogP contribution in [0, 0.1) is 0 Å². The van der Waals surface area contributed by atoms with Crippen molar-refractivity contribution in [2.75, 3.05) is 20.3 Å². The fourth-order valence-corrected chi connectivity index (χ4v) is 4.87. The lowest BCUT2D eigenvalue weighted by molar-refractivity contribution is 0.0828. The first kappa shape index (κ1) is 15.0. The molecule has 2 aliphatic rings. The van der Waals surface area contributed by atoms with Crippen LogP contribution in [0.15, 0.2) is 24.3 Å². The zero-order chi connectivity index (χ0) is 14.9. The van der Waals surface area contributed by atoms with Crippen molar-refractivity contribution in [1.82, 2.24) is 4.72 Å². The smallest absolute Gasteiger partial charge is 0.220 e. The van der Waals surface area contributed by atoms with E-state index in [1.165, 1.54) is 12.7 Å². The third kappa shape index (κ3) is 2.99. The summed E-state index contributed by atoms with van der Waals surface area (Å²) in [5, 5.41) is -0.628. The number of rotatable bonds is 4. The third-order valence-electron chi connectivity index (χ3n) is 4.36. The van der Waals surface area contributed by atoms with Crippen LogP contribution in [-0.4, -0.2) is 40.1 Å². The number of benzene rings is 1. The van der Waals surface area contributed by atoms with Gasteiger partial charge in [-0.05, 0) is 30.4 Å². The fourth-order valence-electron chi connectivity index (χ4n) is 3.19. The largest absolute Gasteiger partial charge is 0.378 e. The summed E-state index contributed by atoms with van der Waals surface area (Å²) >= 11 is 0. The highest BCUT2D eigenvalue weighted by Gasteiger charge is 2.40. The molecule has 1 heterocycles. The predicted octanol–water partition coefficient (Wildman–Crippen LogP) is 1.40. The Hall–Kier alpha value is -0.950. The first-order valence-electron chi connectivity index (χ1n) is 7.31. The number of hydrogen-bond acceptors (Lipinski definition) is 4. The second kappa shape index (κ2) is 6.04. The van der Waals surface area contributed by atoms with Crippen molar-refractivity contribution < 1.29 is 17.9 Å². The number of nitrogens with one attached hydrogen (secondary N) is 1. The molecule has 1 aromatic rings. The maximum atomic E-state index is 12.6. The average Bonchev–Trinajstić information content (AvgIpc) is 2.97. The summed E-state index contributed by atoms with van der Waals surface area (Å²) in [5.74, 6) is 0. The Labute approximate surface area is 125 Å². The van der Waals surface area contributed by atoms with Crippen LogP contribution in [0.25, 0.3) is 0 Å². The van der Waals surface area contributed by atoms with Gasteiger partial charge in [-0.3, -0.25) is 0 Å². The van der Waals surface area contributed by atoms with Gasteiger partial charge in [0.05, 0.1) is 13.2 Å². The van der Waals surface area contributed by atoms with E-state index in [1.807, 2.05) is 18.2 Å². The molecule has 0 radical (unpaired) electrons. The van der Waals surface area contributed by atoms with Gasteiger partial charge in [0.2, 0.25) is 10.0 Å². The number of methoxy groups -OCH3 is 1. The molecule has 0 aromatic heterocycles. The highest BCUT2D eigenvalue weighted by Crippen LogP contribution is 2.31. The summed E-state index contributed by atoms with van der Waals surface area (Å²) < 4.78 is 38.6. The highest BCUT2D eigenvalue weighted by atomic mass is 32.2. The van der Waals surface area contributed by atoms with Gasteiger partial charge in [-0.15, -0.1) is 0 Å². The number of sulfonamides is 1. The Bertz CT molecular complexity index is 601. The Morgan fingerprint density at radius 1 is 1.29 bits per heavy atom. The maximum absolute atomic E-state index is 12.6. The lowest BCUT2D eigenvalue weighted by atomic mass is 9.88. The highest BCUT2D eigenvalue weighted by molar-refractivity contribution is 7.90. The van der Waals surface area contributed by atoms with Gasteiger partial charge in [0.25, 0.3) is 0 Å². The van der Waals surface area contributed by atoms with E-state index in [0.29, 0.717) is 6.61 Å². The van der Waals surface area contributed by atoms with Crippen LogP contribution in [0.4, 0.5) is 0 Å². The SMILES string of the molecule is COC1COCC1S(=O)(=O)NC1CCCc2ccccc21. The molecule has 1 aliphatic heterocycles. The minimum atomic E-state index is -3.46. The quantitative estimate of drug-likeness (QED) is 0.913. The van der Waals surface area contributed by atoms with Gasteiger partial charge in [0.15, 0.2) is 0 Å². The molecule has 1 aliphatic carbocycles. The van der Waals surface area contributed by atoms with E-state index in [1.54, 1.807) is 0 Å². The van der Waals surface area contributed by atoms with E-state index in [9.17, 15) is 8.42 Å². The van der Waals surface area contributed by atoms with E-state index < -0.39 is 15.3 Å². The predicted molar refractivity (Wildman–Crippen MR) is 79.6 cm³/mol. The summed E-state index contributed by atoms with van der Waals surface area (Å²) in [6, 6.07) is 7.91. The standard InChI is InChI=1S/C15H21NO4S/c1-19-14-9-20-10-15(14)21(17,18)16-13-8-4-6-11-5-2-3-7-12(11)13/h2-3,5,7,13-16H,4,6,8-10H2,1H3. The van der Waals surface area contributed by atoms with E-state index in [-0.39, 0.29) is 18.8 Å². The van der Waals surface area contributed by atoms with Gasteiger partial charge >= 0.3 is 0 Å². The molecule has 0 bridgehead atoms. The van der Waals surface area contributed by atoms with Gasteiger partial charge in [0.1, 0.15) is 11.4 Å². The zero-order valence-corrected chi connectivity index (χ0v) is 12.9. The molecule has 3 atom stereocenters. The molecule has 0 amide bonds. The van der Waals surface area contributed by atoms with Crippen molar-refractivity contribution in [2.45, 2.75) is 36.7 Å². The summed E-state index contributed by atoms with van der Waals surface area (Å²) in [4.78, 5) is 0. The van der Waals surface area contributed by atoms with Crippen molar-refractivity contribution in [3.63, 3.8) is 0 Å². The van der Waals surface area contributed by atoms with Crippen LogP contribution in [0.2, 0.25) is 0 Å². The molecule has 0 saturated carbocycles. The van der Waals surface area contributed by atoms with E-state index in [4.69, 9.17) is 9.47 Å². The number of fused-ring (bicyclic) bond motifs is 1. The van der Waals surface area contributed by atoms with Crippen LogP contribution < -0.4 is 4.72 Å². The van der Waals surface area contributed by atoms with Crippen LogP contribution >= 0.6 is 0 Å². The second-order valence-corrected chi connectivity index (χ2v) is 7.59. The molecule has 1 N–H and O–H groups in total. The fraction of sp³-hybridized carbons (Fsp3) is 0.600. The lowest BCUT2D eigenvalue weighted by Gasteiger charge is -2.28. The molecular formula is C15H21NO4S. The van der Waals surface area contributed by atoms with Crippen molar-refractivity contribution in [3.05, 3.63) is 35.4 Å². The molecule has 1 saturated heterocycles. The van der Waals surface area contributed by atoms with Crippen molar-refractivity contribution >= 4 is 10.0 Å². The Kier molecular flexibility index (Phi) is 4.31. The molecular weight excluding hydrogens is 290 g/mol. The minimum absolute atomic E-state index is 0.141. The topological polar surface area (TPSA) is 64.6 Å². The molecule has 6 heteroatoms. The molecule has 1 fully saturated rings. The summed E-state index contributed by atoms with van der Waals surface area (Å²) in [5.41, 5.74) is 2.34. The minimum Gasteiger partial charge on any atom is -0.378 e. The van der Waals surface area contributed by atoms with Gasteiger partial charge in [-0.1, -0.05) is 24.3 Å². The summed E-state index contributed by atoms with van der Waals surface area (Å²) in [6.07, 6.45) is 2.46. The van der Waals surface area contributed by atoms with Crippen LogP contribution in [0.1, 0.15) is 30.0 Å². The van der Waals surface area contributed by atoms with Crippen molar-refractivity contribution in [3.8, 4) is 0 Å². The molecule has 116 valence electrons. The Balaban J connectivity index is 1.80. The monoisotopic (exact) mass is 311 g/mol. The van der Waals surface area contributed by atoms with Crippen LogP contribution in [-0.2, 0) is 25.9 Å². The summed E-state index contributed by atoms with van der Waals surface area (Å²) in [6.45, 7) is 0.533. The number of aryl methyl sites for hydroxylation is 1. The van der Waals surface area contributed by atoms with E-state index in [2.05, 4.69) is 10.8 Å². The first-order valence-corrected chi connectivity index (χ1v) is 8.86. The third-order valence-corrected chi connectivity index (χ3v) is 6.21. The second-order valence-electron chi connectivity index (χ2n) is 5.66. The van der Waals surface area contributed by atoms with Gasteiger partial charge < -0.3 is 9.47 Å². The maximum Gasteiger partial charge on any atom is 0.220 e.